The zero-order chi connectivity index (χ0) is 25.9. The minimum atomic E-state index is -4.68. The van der Waals surface area contributed by atoms with E-state index in [4.69, 9.17) is 16.3 Å². The second kappa shape index (κ2) is 10.1. The molecule has 3 aromatic rings. The number of ether oxygens (including phenoxy) is 1. The molecule has 1 aliphatic rings. The third-order valence-electron chi connectivity index (χ3n) is 5.05. The predicted molar refractivity (Wildman–Crippen MR) is 126 cm³/mol. The number of nitrogens with one attached hydrogen (secondary N) is 3. The highest BCUT2D eigenvalue weighted by molar-refractivity contribution is 6.31. The van der Waals surface area contributed by atoms with Gasteiger partial charge in [-0.2, -0.15) is 18.4 Å². The van der Waals surface area contributed by atoms with Crippen molar-refractivity contribution in [1.29, 1.82) is 5.26 Å². The number of amides is 3. The maximum Gasteiger partial charge on any atom is 0.417 e. The fourth-order valence-corrected chi connectivity index (χ4v) is 3.37. The number of benzene rings is 2. The fraction of sp³-hybridized carbons (Fsp3) is 0.167. The summed E-state index contributed by atoms with van der Waals surface area (Å²) in [7, 11) is 0. The Hall–Kier alpha value is -4.30. The molecule has 1 aromatic heterocycles. The van der Waals surface area contributed by atoms with Crippen molar-refractivity contribution in [2.24, 2.45) is 5.92 Å². The third kappa shape index (κ3) is 6.22. The molecule has 2 aromatic carbocycles. The standard InChI is InChI=1S/C24H17ClF3N5O3/c25-19-5-3-16(10-18(19)24(26,27)28)32-23(35)31-15-4-6-20(14(9-15)12-29)36-17-7-8-30-21(11-17)33-22(34)13-1-2-13/h3-11,13H,1-2H2,(H,30,33,34)(H2,31,32,35). The maximum atomic E-state index is 13.0. The van der Waals surface area contributed by atoms with Gasteiger partial charge in [-0.05, 0) is 55.3 Å². The summed E-state index contributed by atoms with van der Waals surface area (Å²) in [5, 5.41) is 16.5. The normalized spacial score (nSPS) is 12.9. The Bertz CT molecular complexity index is 1370. The third-order valence-corrected chi connectivity index (χ3v) is 5.38. The number of alkyl halides is 3. The molecular formula is C24H17ClF3N5O3. The van der Waals surface area contributed by atoms with Crippen LogP contribution in [0.15, 0.2) is 54.7 Å². The lowest BCUT2D eigenvalue weighted by Gasteiger charge is -2.13. The van der Waals surface area contributed by atoms with Crippen molar-refractivity contribution in [2.45, 2.75) is 19.0 Å². The molecular weight excluding hydrogens is 499 g/mol. The van der Waals surface area contributed by atoms with Crippen LogP contribution >= 0.6 is 11.6 Å². The van der Waals surface area contributed by atoms with E-state index in [0.29, 0.717) is 11.6 Å². The number of hydrogen-bond donors (Lipinski definition) is 3. The smallest absolute Gasteiger partial charge is 0.417 e. The Morgan fingerprint density at radius 1 is 1.03 bits per heavy atom. The van der Waals surface area contributed by atoms with Gasteiger partial charge < -0.3 is 20.7 Å². The average Bonchev–Trinajstić information content (AvgIpc) is 3.66. The summed E-state index contributed by atoms with van der Waals surface area (Å²) in [5.74, 6) is 0.717. The first-order valence-corrected chi connectivity index (χ1v) is 10.9. The lowest BCUT2D eigenvalue weighted by atomic mass is 10.2. The van der Waals surface area contributed by atoms with Gasteiger partial charge in [-0.25, -0.2) is 9.78 Å². The van der Waals surface area contributed by atoms with Gasteiger partial charge in [0.2, 0.25) is 5.91 Å². The quantitative estimate of drug-likeness (QED) is 0.351. The van der Waals surface area contributed by atoms with Crippen LogP contribution in [0, 0.1) is 17.2 Å². The van der Waals surface area contributed by atoms with Crippen molar-refractivity contribution in [2.75, 3.05) is 16.0 Å². The molecule has 1 saturated carbocycles. The van der Waals surface area contributed by atoms with Crippen LogP contribution < -0.4 is 20.7 Å². The van der Waals surface area contributed by atoms with Crippen LogP contribution in [0.1, 0.15) is 24.0 Å². The lowest BCUT2D eigenvalue weighted by Crippen LogP contribution is -2.20. The number of hydrogen-bond acceptors (Lipinski definition) is 5. The summed E-state index contributed by atoms with van der Waals surface area (Å²) in [6, 6.07) is 11.4. The van der Waals surface area contributed by atoms with Crippen LogP contribution in [0.2, 0.25) is 5.02 Å². The summed E-state index contributed by atoms with van der Waals surface area (Å²) >= 11 is 5.59. The van der Waals surface area contributed by atoms with Gasteiger partial charge in [-0.3, -0.25) is 4.79 Å². The molecule has 36 heavy (non-hydrogen) atoms. The van der Waals surface area contributed by atoms with E-state index >= 15 is 0 Å². The van der Waals surface area contributed by atoms with E-state index in [1.165, 1.54) is 36.5 Å². The SMILES string of the molecule is N#Cc1cc(NC(=O)Nc2ccc(Cl)c(C(F)(F)F)c2)ccc1Oc1ccnc(NC(=O)C2CC2)c1. The average molecular weight is 516 g/mol. The predicted octanol–water partition coefficient (Wildman–Crippen LogP) is 6.41. The molecule has 1 fully saturated rings. The van der Waals surface area contributed by atoms with Gasteiger partial charge in [-0.15, -0.1) is 0 Å². The zero-order valence-electron chi connectivity index (χ0n) is 18.3. The van der Waals surface area contributed by atoms with Gasteiger partial charge in [0.15, 0.2) is 0 Å². The Morgan fingerprint density at radius 3 is 2.39 bits per heavy atom. The molecule has 3 amide bonds. The molecule has 0 spiro atoms. The first-order valence-electron chi connectivity index (χ1n) is 10.6. The monoisotopic (exact) mass is 515 g/mol. The molecule has 0 aliphatic heterocycles. The molecule has 0 bridgehead atoms. The topological polar surface area (TPSA) is 116 Å². The van der Waals surface area contributed by atoms with Crippen LogP contribution in [0.3, 0.4) is 0 Å². The van der Waals surface area contributed by atoms with Crippen molar-refractivity contribution >= 4 is 40.7 Å². The maximum absolute atomic E-state index is 13.0. The number of pyridine rings is 1. The number of halogens is 4. The molecule has 0 radical (unpaired) electrons. The lowest BCUT2D eigenvalue weighted by molar-refractivity contribution is -0.137. The van der Waals surface area contributed by atoms with Crippen LogP contribution in [0.5, 0.6) is 11.5 Å². The number of nitrogens with zero attached hydrogens (tertiary/aromatic N) is 2. The van der Waals surface area contributed by atoms with Crippen molar-refractivity contribution in [3.8, 4) is 17.6 Å². The number of aromatic nitrogens is 1. The van der Waals surface area contributed by atoms with Crippen LogP contribution in [-0.4, -0.2) is 16.9 Å². The van der Waals surface area contributed by atoms with E-state index in [2.05, 4.69) is 20.9 Å². The summed E-state index contributed by atoms with van der Waals surface area (Å²) < 4.78 is 44.8. The highest BCUT2D eigenvalue weighted by Gasteiger charge is 2.33. The Kier molecular flexibility index (Phi) is 6.98. The molecule has 12 heteroatoms. The van der Waals surface area contributed by atoms with Gasteiger partial charge >= 0.3 is 12.2 Å². The first-order chi connectivity index (χ1) is 17.1. The molecule has 3 N–H and O–H groups in total. The molecule has 0 saturated heterocycles. The minimum Gasteiger partial charge on any atom is -0.456 e. The highest BCUT2D eigenvalue weighted by atomic mass is 35.5. The van der Waals surface area contributed by atoms with Crippen LogP contribution in [-0.2, 0) is 11.0 Å². The van der Waals surface area contributed by atoms with Crippen molar-refractivity contribution in [3.63, 3.8) is 0 Å². The summed E-state index contributed by atoms with van der Waals surface area (Å²) in [6.07, 6.45) is -1.53. The number of carbonyl (C=O) groups excluding carboxylic acids is 2. The number of rotatable bonds is 6. The van der Waals surface area contributed by atoms with Gasteiger partial charge in [0, 0.05) is 29.6 Å². The summed E-state index contributed by atoms with van der Waals surface area (Å²) in [4.78, 5) is 28.3. The number of nitriles is 1. The van der Waals surface area contributed by atoms with Gasteiger partial charge in [0.05, 0.1) is 16.1 Å². The van der Waals surface area contributed by atoms with Crippen LogP contribution in [0.4, 0.5) is 35.2 Å². The molecule has 4 rings (SSSR count). The minimum absolute atomic E-state index is 0.00481. The van der Waals surface area contributed by atoms with E-state index in [1.807, 2.05) is 6.07 Å². The molecule has 0 atom stereocenters. The van der Waals surface area contributed by atoms with Gasteiger partial charge in [-0.1, -0.05) is 11.6 Å². The van der Waals surface area contributed by atoms with E-state index in [1.54, 1.807) is 6.07 Å². The van der Waals surface area contributed by atoms with E-state index < -0.39 is 22.8 Å². The number of carbonyl (C=O) groups is 2. The Balaban J connectivity index is 1.43. The highest BCUT2D eigenvalue weighted by Crippen LogP contribution is 2.36. The fourth-order valence-electron chi connectivity index (χ4n) is 3.14. The number of anilines is 3. The molecule has 0 unspecified atom stereocenters. The van der Waals surface area contributed by atoms with E-state index in [0.717, 1.165) is 25.0 Å². The summed E-state index contributed by atoms with van der Waals surface area (Å²) in [5.41, 5.74) is -0.916. The molecule has 184 valence electrons. The van der Waals surface area contributed by atoms with Crippen LogP contribution in [0.25, 0.3) is 0 Å². The first kappa shape index (κ1) is 24.8. The molecule has 1 heterocycles. The van der Waals surface area contributed by atoms with Crippen molar-refractivity contribution in [1.82, 2.24) is 4.98 Å². The van der Waals surface area contributed by atoms with Gasteiger partial charge in [0.25, 0.3) is 0 Å². The zero-order valence-corrected chi connectivity index (χ0v) is 19.1. The van der Waals surface area contributed by atoms with Crippen molar-refractivity contribution < 1.29 is 27.5 Å². The summed E-state index contributed by atoms with van der Waals surface area (Å²) in [6.45, 7) is 0. The van der Waals surface area contributed by atoms with Gasteiger partial charge in [0.1, 0.15) is 23.4 Å². The Labute approximate surface area is 208 Å². The molecule has 1 aliphatic carbocycles. The van der Waals surface area contributed by atoms with E-state index in [9.17, 15) is 28.0 Å². The molecule has 8 nitrogen and oxygen atoms in total. The second-order valence-corrected chi connectivity index (χ2v) is 8.24. The number of urea groups is 1. The van der Waals surface area contributed by atoms with Crippen molar-refractivity contribution in [3.05, 3.63) is 70.9 Å². The van der Waals surface area contributed by atoms with E-state index in [-0.39, 0.29) is 34.5 Å². The largest absolute Gasteiger partial charge is 0.456 e. The Morgan fingerprint density at radius 2 is 1.72 bits per heavy atom. The second-order valence-electron chi connectivity index (χ2n) is 7.84.